The van der Waals surface area contributed by atoms with Gasteiger partial charge in [-0.1, -0.05) is 267 Å². The van der Waals surface area contributed by atoms with E-state index in [1.807, 2.05) is 0 Å². The molecule has 0 radical (unpaired) electrons. The van der Waals surface area contributed by atoms with Crippen LogP contribution < -0.4 is 9.80 Å². The summed E-state index contributed by atoms with van der Waals surface area (Å²) in [5.74, 6) is 0. The smallest absolute Gasteiger partial charge is 0.0620 e. The van der Waals surface area contributed by atoms with Crippen molar-refractivity contribution in [3.05, 3.63) is 376 Å². The average molecular weight is 1200 g/mol. The SMILES string of the molecule is c1ccc(-c2c(-c3ccccc3)n(-c3ccccc3)c3c2cc(-c2ccc(N(c4ccc(-c5cc6c(-c7ccccc7)c(-c7ccccc7)n(-c7ccccc7)c6c6ccccc56)cc4)c4ccc(N(c5ccccc5)c5ccccc5)cc4)cc2)c2ccccc23)cc1. The minimum Gasteiger partial charge on any atom is -0.311 e. The van der Waals surface area contributed by atoms with Gasteiger partial charge in [-0.15, -0.1) is 0 Å². The Morgan fingerprint density at radius 1 is 0.181 bits per heavy atom. The molecule has 0 amide bonds. The van der Waals surface area contributed by atoms with Crippen molar-refractivity contribution in [2.45, 2.75) is 0 Å². The fraction of sp³-hybridized carbons (Fsp3) is 0. The van der Waals surface area contributed by atoms with Gasteiger partial charge in [0.1, 0.15) is 0 Å². The van der Waals surface area contributed by atoms with E-state index in [0.29, 0.717) is 0 Å². The molecule has 2 aromatic heterocycles. The Kier molecular flexibility index (Phi) is 14.2. The molecule has 0 aliphatic rings. The normalized spacial score (nSPS) is 11.4. The van der Waals surface area contributed by atoms with E-state index in [1.54, 1.807) is 0 Å². The summed E-state index contributed by atoms with van der Waals surface area (Å²) in [4.78, 5) is 4.72. The monoisotopic (exact) mass is 1200 g/mol. The summed E-state index contributed by atoms with van der Waals surface area (Å²) in [7, 11) is 0. The number of para-hydroxylation sites is 4. The molecule has 0 N–H and O–H groups in total. The van der Waals surface area contributed by atoms with Crippen molar-refractivity contribution in [1.29, 1.82) is 0 Å². The van der Waals surface area contributed by atoms with Gasteiger partial charge in [-0.25, -0.2) is 0 Å². The summed E-state index contributed by atoms with van der Waals surface area (Å²) in [5, 5.41) is 7.16. The number of aromatic nitrogens is 2. The van der Waals surface area contributed by atoms with E-state index >= 15 is 0 Å². The van der Waals surface area contributed by atoms with Crippen LogP contribution in [0, 0.1) is 0 Å². The third-order valence-electron chi connectivity index (χ3n) is 18.5. The lowest BCUT2D eigenvalue weighted by molar-refractivity contribution is 1.14. The molecule has 94 heavy (non-hydrogen) atoms. The molecule has 0 spiro atoms. The zero-order chi connectivity index (χ0) is 62.3. The molecule has 0 saturated heterocycles. The second kappa shape index (κ2) is 24.0. The van der Waals surface area contributed by atoms with Gasteiger partial charge in [-0.2, -0.15) is 0 Å². The van der Waals surface area contributed by atoms with E-state index in [1.165, 1.54) is 88.1 Å². The first-order chi connectivity index (χ1) is 46.7. The van der Waals surface area contributed by atoms with Crippen LogP contribution in [0.4, 0.5) is 34.1 Å². The van der Waals surface area contributed by atoms with Crippen LogP contribution in [0.5, 0.6) is 0 Å². The molecule has 0 aliphatic heterocycles. The fourth-order valence-electron chi connectivity index (χ4n) is 14.3. The molecule has 0 saturated carbocycles. The third kappa shape index (κ3) is 9.81. The van der Waals surface area contributed by atoms with E-state index in [2.05, 4.69) is 395 Å². The average Bonchev–Trinajstić information content (AvgIpc) is 1.55. The van der Waals surface area contributed by atoms with Crippen molar-refractivity contribution in [2.75, 3.05) is 9.80 Å². The van der Waals surface area contributed by atoms with Gasteiger partial charge in [0.05, 0.1) is 22.4 Å². The Morgan fingerprint density at radius 2 is 0.426 bits per heavy atom. The van der Waals surface area contributed by atoms with Gasteiger partial charge in [0.25, 0.3) is 0 Å². The van der Waals surface area contributed by atoms with Gasteiger partial charge in [-0.3, -0.25) is 0 Å². The second-order valence-corrected chi connectivity index (χ2v) is 23.9. The van der Waals surface area contributed by atoms with Crippen molar-refractivity contribution in [1.82, 2.24) is 9.13 Å². The minimum atomic E-state index is 1.04. The molecule has 4 nitrogen and oxygen atoms in total. The molecule has 0 bridgehead atoms. The first-order valence-corrected chi connectivity index (χ1v) is 32.2. The number of benzene rings is 15. The summed E-state index contributed by atoms with van der Waals surface area (Å²) in [6, 6.07) is 137. The van der Waals surface area contributed by atoms with Crippen molar-refractivity contribution in [3.8, 4) is 78.4 Å². The zero-order valence-electron chi connectivity index (χ0n) is 51.6. The largest absolute Gasteiger partial charge is 0.311 e. The van der Waals surface area contributed by atoms with E-state index in [9.17, 15) is 0 Å². The second-order valence-electron chi connectivity index (χ2n) is 23.9. The van der Waals surface area contributed by atoms with Crippen LogP contribution in [0.3, 0.4) is 0 Å². The molecule has 0 fully saturated rings. The van der Waals surface area contributed by atoms with Gasteiger partial charge < -0.3 is 18.9 Å². The first-order valence-electron chi connectivity index (χ1n) is 32.2. The van der Waals surface area contributed by atoms with Crippen LogP contribution >= 0.6 is 0 Å². The Balaban J connectivity index is 0.839. The number of fused-ring (bicyclic) bond motifs is 6. The molecule has 0 aliphatic carbocycles. The maximum Gasteiger partial charge on any atom is 0.0620 e. The molecule has 0 atom stereocenters. The van der Waals surface area contributed by atoms with E-state index < -0.39 is 0 Å². The highest BCUT2D eigenvalue weighted by Crippen LogP contribution is 2.51. The third-order valence-corrected chi connectivity index (χ3v) is 18.5. The van der Waals surface area contributed by atoms with E-state index in [4.69, 9.17) is 0 Å². The van der Waals surface area contributed by atoms with Crippen LogP contribution in [0.1, 0.15) is 0 Å². The van der Waals surface area contributed by atoms with E-state index in [-0.39, 0.29) is 0 Å². The fourth-order valence-corrected chi connectivity index (χ4v) is 14.3. The first kappa shape index (κ1) is 55.6. The summed E-state index contributed by atoms with van der Waals surface area (Å²) in [6.45, 7) is 0. The van der Waals surface area contributed by atoms with Crippen LogP contribution in [-0.2, 0) is 0 Å². The summed E-state index contributed by atoms with van der Waals surface area (Å²) in [6.07, 6.45) is 0. The number of rotatable bonds is 14. The molecule has 0 unspecified atom stereocenters. The molecular formula is C90H62N4. The Hall–Kier alpha value is -12.5. The molecule has 17 aromatic rings. The molecular weight excluding hydrogens is 1140 g/mol. The quantitative estimate of drug-likeness (QED) is 0.108. The zero-order valence-corrected chi connectivity index (χ0v) is 51.6. The van der Waals surface area contributed by atoms with Crippen molar-refractivity contribution in [2.24, 2.45) is 0 Å². The van der Waals surface area contributed by atoms with Crippen LogP contribution in [0.15, 0.2) is 376 Å². The highest BCUT2D eigenvalue weighted by atomic mass is 15.2. The number of anilines is 6. The van der Waals surface area contributed by atoms with Crippen molar-refractivity contribution < 1.29 is 0 Å². The van der Waals surface area contributed by atoms with Crippen LogP contribution in [-0.4, -0.2) is 9.13 Å². The summed E-state index contributed by atoms with van der Waals surface area (Å²) in [5.41, 5.74) is 25.0. The summed E-state index contributed by atoms with van der Waals surface area (Å²) < 4.78 is 4.98. The van der Waals surface area contributed by atoms with E-state index in [0.717, 1.165) is 67.8 Å². The van der Waals surface area contributed by atoms with Crippen LogP contribution in [0.2, 0.25) is 0 Å². The topological polar surface area (TPSA) is 16.3 Å². The number of hydrogen-bond donors (Lipinski definition) is 0. The van der Waals surface area contributed by atoms with Crippen molar-refractivity contribution in [3.63, 3.8) is 0 Å². The Labute approximate surface area is 547 Å². The predicted octanol–water partition coefficient (Wildman–Crippen LogP) is 24.8. The predicted molar refractivity (Wildman–Crippen MR) is 397 cm³/mol. The highest BCUT2D eigenvalue weighted by Gasteiger charge is 2.27. The van der Waals surface area contributed by atoms with Gasteiger partial charge in [0.15, 0.2) is 0 Å². The van der Waals surface area contributed by atoms with Gasteiger partial charge in [0, 0.05) is 78.2 Å². The van der Waals surface area contributed by atoms with Gasteiger partial charge in [-0.05, 0) is 164 Å². The number of hydrogen-bond acceptors (Lipinski definition) is 2. The molecule has 2 heterocycles. The van der Waals surface area contributed by atoms with Gasteiger partial charge in [0.2, 0.25) is 0 Å². The highest BCUT2D eigenvalue weighted by molar-refractivity contribution is 6.21. The lowest BCUT2D eigenvalue weighted by Crippen LogP contribution is -2.12. The van der Waals surface area contributed by atoms with Crippen molar-refractivity contribution >= 4 is 77.5 Å². The maximum absolute atomic E-state index is 2.49. The molecule has 15 aromatic carbocycles. The lowest BCUT2D eigenvalue weighted by Gasteiger charge is -2.28. The minimum absolute atomic E-state index is 1.04. The standard InChI is InChI=1S/C90H62N4/c1-9-29-65(30-10-1)85-83-61-81(77-45-25-27-47-79(77)89(83)93(71-41-21-7-22-42-71)87(85)67-33-13-3-14-34-67)63-49-53-73(54-50-63)92(76-59-57-75(58-60-76)91(69-37-17-5-18-38-69)70-39-19-6-20-40-70)74-55-51-64(52-56-74)82-62-84-86(66-31-11-2-12-32-66)88(68-35-15-4-16-36-68)94(72-43-23-8-24-44-72)90(84)80-48-28-26-46-78(80)82/h1-62H. The van der Waals surface area contributed by atoms with Crippen LogP contribution in [0.25, 0.3) is 122 Å². The number of nitrogens with zero attached hydrogens (tertiary/aromatic N) is 4. The Bertz CT molecular complexity index is 5190. The molecule has 4 heteroatoms. The maximum atomic E-state index is 2.49. The lowest BCUT2D eigenvalue weighted by atomic mass is 9.92. The summed E-state index contributed by atoms with van der Waals surface area (Å²) >= 11 is 0. The van der Waals surface area contributed by atoms with Gasteiger partial charge >= 0.3 is 0 Å². The Morgan fingerprint density at radius 3 is 0.745 bits per heavy atom. The molecule has 442 valence electrons. The molecule has 17 rings (SSSR count).